The molecule has 1 aliphatic rings. The van der Waals surface area contributed by atoms with Crippen molar-refractivity contribution in [1.29, 1.82) is 0 Å². The Morgan fingerprint density at radius 1 is 1.15 bits per heavy atom. The number of nitrogens with zero attached hydrogens (tertiary/aromatic N) is 1. The van der Waals surface area contributed by atoms with E-state index in [4.69, 9.17) is 0 Å². The highest BCUT2D eigenvalue weighted by Crippen LogP contribution is 2.29. The normalized spacial score (nSPS) is 16.3. The van der Waals surface area contributed by atoms with Gasteiger partial charge in [0.15, 0.2) is 0 Å². The molecule has 2 aromatic rings. The lowest BCUT2D eigenvalue weighted by Gasteiger charge is -2.19. The number of methoxy groups -OCH3 is 1. The van der Waals surface area contributed by atoms with E-state index in [1.807, 2.05) is 32.0 Å². The van der Waals surface area contributed by atoms with Gasteiger partial charge in [0.05, 0.1) is 18.6 Å². The van der Waals surface area contributed by atoms with E-state index >= 15 is 0 Å². The number of esters is 1. The predicted molar refractivity (Wildman–Crippen MR) is 103 cm³/mol. The average molecular weight is 366 g/mol. The van der Waals surface area contributed by atoms with E-state index in [-0.39, 0.29) is 18.2 Å². The number of benzene rings is 2. The van der Waals surface area contributed by atoms with Crippen molar-refractivity contribution >= 4 is 29.2 Å². The van der Waals surface area contributed by atoms with Gasteiger partial charge in [-0.1, -0.05) is 23.8 Å². The molecule has 6 heteroatoms. The van der Waals surface area contributed by atoms with Gasteiger partial charge in [-0.15, -0.1) is 0 Å². The maximum absolute atomic E-state index is 12.6. The van der Waals surface area contributed by atoms with Gasteiger partial charge < -0.3 is 15.0 Å². The maximum Gasteiger partial charge on any atom is 0.337 e. The number of carbonyl (C=O) groups excluding carboxylic acids is 3. The summed E-state index contributed by atoms with van der Waals surface area (Å²) >= 11 is 0. The highest BCUT2D eigenvalue weighted by molar-refractivity contribution is 6.04. The number of carbonyl (C=O) groups is 3. The molecule has 1 atom stereocenters. The lowest BCUT2D eigenvalue weighted by atomic mass is 10.1. The molecule has 0 radical (unpaired) electrons. The zero-order valence-electron chi connectivity index (χ0n) is 15.6. The van der Waals surface area contributed by atoms with Crippen LogP contribution in [-0.2, 0) is 14.3 Å². The van der Waals surface area contributed by atoms with Gasteiger partial charge in [-0.25, -0.2) is 4.79 Å². The molecule has 0 spiro atoms. The SMILES string of the molecule is COC(=O)c1cccc(NC(=O)C2CC(=O)N(c3ccc(C)cc3C)C2)c1. The van der Waals surface area contributed by atoms with Crippen LogP contribution in [-0.4, -0.2) is 31.4 Å². The molecule has 1 aliphatic heterocycles. The van der Waals surface area contributed by atoms with Crippen molar-refractivity contribution < 1.29 is 19.1 Å². The smallest absolute Gasteiger partial charge is 0.337 e. The Labute approximate surface area is 158 Å². The van der Waals surface area contributed by atoms with Gasteiger partial charge in [0.2, 0.25) is 11.8 Å². The van der Waals surface area contributed by atoms with Gasteiger partial charge in [0, 0.05) is 24.3 Å². The topological polar surface area (TPSA) is 75.7 Å². The molecule has 0 bridgehead atoms. The van der Waals surface area contributed by atoms with E-state index in [1.165, 1.54) is 7.11 Å². The zero-order chi connectivity index (χ0) is 19.6. The second-order valence-electron chi connectivity index (χ2n) is 6.76. The van der Waals surface area contributed by atoms with Crippen LogP contribution >= 0.6 is 0 Å². The number of rotatable bonds is 4. The summed E-state index contributed by atoms with van der Waals surface area (Å²) in [6, 6.07) is 12.4. The second kappa shape index (κ2) is 7.61. The first-order valence-corrected chi connectivity index (χ1v) is 8.76. The average Bonchev–Trinajstić information content (AvgIpc) is 3.03. The van der Waals surface area contributed by atoms with Crippen molar-refractivity contribution in [3.8, 4) is 0 Å². The minimum atomic E-state index is -0.469. The summed E-state index contributed by atoms with van der Waals surface area (Å²) in [5.41, 5.74) is 3.83. The molecular formula is C21H22N2O4. The molecule has 0 aromatic heterocycles. The molecule has 1 unspecified atom stereocenters. The highest BCUT2D eigenvalue weighted by Gasteiger charge is 2.35. The van der Waals surface area contributed by atoms with Gasteiger partial charge in [-0.2, -0.15) is 0 Å². The Bertz CT molecular complexity index is 907. The Balaban J connectivity index is 1.72. The quantitative estimate of drug-likeness (QED) is 0.844. The Kier molecular flexibility index (Phi) is 5.26. The molecule has 0 saturated carbocycles. The van der Waals surface area contributed by atoms with Crippen molar-refractivity contribution in [2.24, 2.45) is 5.92 Å². The van der Waals surface area contributed by atoms with Crippen LogP contribution in [0.5, 0.6) is 0 Å². The van der Waals surface area contributed by atoms with Crippen LogP contribution in [0.4, 0.5) is 11.4 Å². The van der Waals surface area contributed by atoms with E-state index in [0.29, 0.717) is 17.8 Å². The molecule has 3 rings (SSSR count). The zero-order valence-corrected chi connectivity index (χ0v) is 15.6. The maximum atomic E-state index is 12.6. The highest BCUT2D eigenvalue weighted by atomic mass is 16.5. The van der Waals surface area contributed by atoms with Crippen LogP contribution in [0.25, 0.3) is 0 Å². The third kappa shape index (κ3) is 4.00. The molecule has 1 saturated heterocycles. The van der Waals surface area contributed by atoms with Gasteiger partial charge >= 0.3 is 5.97 Å². The number of anilines is 2. The van der Waals surface area contributed by atoms with Gasteiger partial charge in [-0.05, 0) is 43.7 Å². The van der Waals surface area contributed by atoms with Crippen LogP contribution in [0.3, 0.4) is 0 Å². The Morgan fingerprint density at radius 3 is 2.63 bits per heavy atom. The van der Waals surface area contributed by atoms with Crippen molar-refractivity contribution in [1.82, 2.24) is 0 Å². The number of hydrogen-bond donors (Lipinski definition) is 1. The largest absolute Gasteiger partial charge is 0.465 e. The first-order valence-electron chi connectivity index (χ1n) is 8.76. The van der Waals surface area contributed by atoms with E-state index in [0.717, 1.165) is 16.8 Å². The molecular weight excluding hydrogens is 344 g/mol. The third-order valence-electron chi connectivity index (χ3n) is 4.69. The summed E-state index contributed by atoms with van der Waals surface area (Å²) in [6.07, 6.45) is 0.163. The van der Waals surface area contributed by atoms with E-state index in [9.17, 15) is 14.4 Å². The standard InChI is InChI=1S/C21H22N2O4/c1-13-7-8-18(14(2)9-13)23-12-16(11-19(23)24)20(25)22-17-6-4-5-15(10-17)21(26)27-3/h4-10,16H,11-12H2,1-3H3,(H,22,25). The summed E-state index contributed by atoms with van der Waals surface area (Å²) in [6.45, 7) is 4.30. The summed E-state index contributed by atoms with van der Waals surface area (Å²) in [5.74, 6) is -1.22. The minimum absolute atomic E-state index is 0.0644. The van der Waals surface area contributed by atoms with Crippen LogP contribution in [0.1, 0.15) is 27.9 Å². The Hall–Kier alpha value is -3.15. The minimum Gasteiger partial charge on any atom is -0.465 e. The van der Waals surface area contributed by atoms with Crippen molar-refractivity contribution in [3.63, 3.8) is 0 Å². The van der Waals surface area contributed by atoms with E-state index in [2.05, 4.69) is 10.1 Å². The van der Waals surface area contributed by atoms with Crippen LogP contribution in [0, 0.1) is 19.8 Å². The number of nitrogens with one attached hydrogen (secondary N) is 1. The van der Waals surface area contributed by atoms with Gasteiger partial charge in [0.1, 0.15) is 0 Å². The number of amides is 2. The summed E-state index contributed by atoms with van der Waals surface area (Å²) in [4.78, 5) is 38.4. The van der Waals surface area contributed by atoms with E-state index < -0.39 is 11.9 Å². The molecule has 1 N–H and O–H groups in total. The van der Waals surface area contributed by atoms with Gasteiger partial charge in [-0.3, -0.25) is 9.59 Å². The molecule has 140 valence electrons. The monoisotopic (exact) mass is 366 g/mol. The molecule has 0 aliphatic carbocycles. The van der Waals surface area contributed by atoms with Crippen molar-refractivity contribution in [2.45, 2.75) is 20.3 Å². The summed E-state index contributed by atoms with van der Waals surface area (Å²) in [5, 5.41) is 2.79. The summed E-state index contributed by atoms with van der Waals surface area (Å²) < 4.78 is 4.69. The second-order valence-corrected chi connectivity index (χ2v) is 6.76. The van der Waals surface area contributed by atoms with Crippen LogP contribution in [0.2, 0.25) is 0 Å². The number of ether oxygens (including phenoxy) is 1. The molecule has 27 heavy (non-hydrogen) atoms. The van der Waals surface area contributed by atoms with Gasteiger partial charge in [0.25, 0.3) is 0 Å². The fraction of sp³-hybridized carbons (Fsp3) is 0.286. The molecule has 2 amide bonds. The first kappa shape index (κ1) is 18.6. The lowest BCUT2D eigenvalue weighted by Crippen LogP contribution is -2.28. The number of hydrogen-bond acceptors (Lipinski definition) is 4. The van der Waals surface area contributed by atoms with Crippen LogP contribution < -0.4 is 10.2 Å². The summed E-state index contributed by atoms with van der Waals surface area (Å²) in [7, 11) is 1.30. The molecule has 1 fully saturated rings. The predicted octanol–water partition coefficient (Wildman–Crippen LogP) is 3.08. The first-order chi connectivity index (χ1) is 12.9. The fourth-order valence-electron chi connectivity index (χ4n) is 3.31. The number of aryl methyl sites for hydroxylation is 2. The third-order valence-corrected chi connectivity index (χ3v) is 4.69. The molecule has 6 nitrogen and oxygen atoms in total. The van der Waals surface area contributed by atoms with Crippen molar-refractivity contribution in [2.75, 3.05) is 23.9 Å². The van der Waals surface area contributed by atoms with E-state index in [1.54, 1.807) is 29.2 Å². The fourth-order valence-corrected chi connectivity index (χ4v) is 3.31. The molecule has 1 heterocycles. The van der Waals surface area contributed by atoms with Crippen LogP contribution in [0.15, 0.2) is 42.5 Å². The Morgan fingerprint density at radius 2 is 1.93 bits per heavy atom. The van der Waals surface area contributed by atoms with Crippen molar-refractivity contribution in [3.05, 3.63) is 59.2 Å². The lowest BCUT2D eigenvalue weighted by molar-refractivity contribution is -0.122. The molecule has 2 aromatic carbocycles.